The number of hydrogen-bond donors (Lipinski definition) is 1. The van der Waals surface area contributed by atoms with Crippen LogP contribution in [0.3, 0.4) is 0 Å². The molecule has 4 rings (SSSR count). The molecule has 1 amide bonds. The van der Waals surface area contributed by atoms with Gasteiger partial charge in [0, 0.05) is 46.5 Å². The van der Waals surface area contributed by atoms with E-state index in [1.54, 1.807) is 36.4 Å². The number of nitro benzene ring substituents is 1. The topological polar surface area (TPSA) is 106 Å². The summed E-state index contributed by atoms with van der Waals surface area (Å²) >= 11 is 3.49. The molecule has 0 saturated carbocycles. The molecule has 1 N–H and O–H groups in total. The fourth-order valence-corrected chi connectivity index (χ4v) is 4.29. The molecule has 0 atom stereocenters. The van der Waals surface area contributed by atoms with Gasteiger partial charge in [-0.05, 0) is 70.7 Å². The molecule has 1 saturated heterocycles. The second kappa shape index (κ2) is 11.7. The van der Waals surface area contributed by atoms with Crippen molar-refractivity contribution < 1.29 is 19.2 Å². The molecular weight excluding hydrogens is 528 g/mol. The van der Waals surface area contributed by atoms with E-state index in [4.69, 9.17) is 9.47 Å². The molecule has 0 spiro atoms. The van der Waals surface area contributed by atoms with E-state index in [0.717, 1.165) is 18.8 Å². The van der Waals surface area contributed by atoms with Crippen LogP contribution in [0.2, 0.25) is 0 Å². The van der Waals surface area contributed by atoms with Crippen LogP contribution in [0.4, 0.5) is 11.4 Å². The molecule has 1 aliphatic heterocycles. The van der Waals surface area contributed by atoms with Crippen molar-refractivity contribution >= 4 is 39.4 Å². The molecule has 1 heterocycles. The van der Waals surface area contributed by atoms with Gasteiger partial charge in [0.15, 0.2) is 11.5 Å². The smallest absolute Gasteiger partial charge is 0.271 e. The van der Waals surface area contributed by atoms with E-state index in [2.05, 4.69) is 31.4 Å². The molecule has 36 heavy (non-hydrogen) atoms. The summed E-state index contributed by atoms with van der Waals surface area (Å²) in [4.78, 5) is 25.3. The van der Waals surface area contributed by atoms with E-state index < -0.39 is 4.92 Å². The number of halogens is 1. The van der Waals surface area contributed by atoms with Gasteiger partial charge < -0.3 is 14.4 Å². The van der Waals surface area contributed by atoms with E-state index >= 15 is 0 Å². The summed E-state index contributed by atoms with van der Waals surface area (Å²) < 4.78 is 11.9. The molecule has 3 aromatic carbocycles. The Morgan fingerprint density at radius 1 is 1.14 bits per heavy atom. The molecule has 0 unspecified atom stereocenters. The van der Waals surface area contributed by atoms with Gasteiger partial charge in [-0.15, -0.1) is 0 Å². The largest absolute Gasteiger partial charge is 0.493 e. The highest BCUT2D eigenvalue weighted by molar-refractivity contribution is 9.10. The van der Waals surface area contributed by atoms with Gasteiger partial charge in [0.05, 0.1) is 18.2 Å². The van der Waals surface area contributed by atoms with E-state index in [9.17, 15) is 14.9 Å². The minimum absolute atomic E-state index is 0.000358. The second-order valence-corrected chi connectivity index (χ2v) is 9.03. The number of non-ortho nitro benzene ring substituents is 1. The number of nitrogens with one attached hydrogen (secondary N) is 1. The molecular formula is C26H25BrN4O5. The van der Waals surface area contributed by atoms with Gasteiger partial charge in [0.2, 0.25) is 0 Å². The van der Waals surface area contributed by atoms with Crippen LogP contribution >= 0.6 is 15.9 Å². The van der Waals surface area contributed by atoms with Crippen molar-refractivity contribution in [2.24, 2.45) is 5.10 Å². The highest BCUT2D eigenvalue weighted by atomic mass is 79.9. The van der Waals surface area contributed by atoms with Crippen LogP contribution in [-0.4, -0.2) is 37.2 Å². The normalized spacial score (nSPS) is 13.1. The molecule has 0 aromatic heterocycles. The van der Waals surface area contributed by atoms with Crippen molar-refractivity contribution in [3.8, 4) is 11.5 Å². The second-order valence-electron chi connectivity index (χ2n) is 8.18. The Labute approximate surface area is 217 Å². The number of carbonyl (C=O) groups excluding carboxylic acids is 1. The van der Waals surface area contributed by atoms with Crippen LogP contribution in [-0.2, 0) is 6.61 Å². The Hall–Kier alpha value is -3.92. The van der Waals surface area contributed by atoms with Crippen molar-refractivity contribution in [3.63, 3.8) is 0 Å². The van der Waals surface area contributed by atoms with E-state index in [1.807, 2.05) is 12.1 Å². The number of rotatable bonds is 9. The van der Waals surface area contributed by atoms with E-state index in [-0.39, 0.29) is 18.2 Å². The third-order valence-corrected chi connectivity index (χ3v) is 6.46. The Balaban J connectivity index is 1.39. The molecule has 0 aliphatic carbocycles. The maximum absolute atomic E-state index is 12.5. The van der Waals surface area contributed by atoms with Crippen LogP contribution in [0.15, 0.2) is 70.2 Å². The Kier molecular flexibility index (Phi) is 8.17. The number of ether oxygens (including phenoxy) is 2. The van der Waals surface area contributed by atoms with Crippen molar-refractivity contribution in [1.82, 2.24) is 5.43 Å². The summed E-state index contributed by atoms with van der Waals surface area (Å²) in [7, 11) is 1.51. The van der Waals surface area contributed by atoms with Gasteiger partial charge >= 0.3 is 0 Å². The van der Waals surface area contributed by atoms with Crippen LogP contribution in [0.5, 0.6) is 11.5 Å². The zero-order chi connectivity index (χ0) is 25.5. The van der Waals surface area contributed by atoms with Crippen LogP contribution in [0.25, 0.3) is 0 Å². The number of benzene rings is 3. The van der Waals surface area contributed by atoms with Crippen LogP contribution < -0.4 is 19.8 Å². The molecule has 10 heteroatoms. The lowest BCUT2D eigenvalue weighted by molar-refractivity contribution is -0.384. The number of nitro groups is 1. The molecule has 3 aromatic rings. The molecule has 1 fully saturated rings. The summed E-state index contributed by atoms with van der Waals surface area (Å²) in [5.74, 6) is 0.600. The van der Waals surface area contributed by atoms with Crippen molar-refractivity contribution in [3.05, 3.63) is 91.9 Å². The Morgan fingerprint density at radius 3 is 2.58 bits per heavy atom. The number of hydrazone groups is 1. The molecule has 186 valence electrons. The predicted molar refractivity (Wildman–Crippen MR) is 141 cm³/mol. The lowest BCUT2D eigenvalue weighted by atomic mass is 10.2. The molecule has 0 bridgehead atoms. The molecule has 9 nitrogen and oxygen atoms in total. The zero-order valence-electron chi connectivity index (χ0n) is 19.6. The molecule has 1 aliphatic rings. The summed E-state index contributed by atoms with van der Waals surface area (Å²) in [6.45, 7) is 2.23. The highest BCUT2D eigenvalue weighted by Gasteiger charge is 2.14. The van der Waals surface area contributed by atoms with Crippen LogP contribution in [0, 0.1) is 10.1 Å². The van der Waals surface area contributed by atoms with Gasteiger partial charge in [-0.2, -0.15) is 5.10 Å². The first-order chi connectivity index (χ1) is 17.4. The van der Waals surface area contributed by atoms with E-state index in [1.165, 1.54) is 38.3 Å². The molecule has 0 radical (unpaired) electrons. The van der Waals surface area contributed by atoms with Crippen LogP contribution in [0.1, 0.15) is 34.3 Å². The number of anilines is 1. The minimum atomic E-state index is -0.447. The SMILES string of the molecule is COc1cc(/C=N\NC(=O)c2ccc(N3CCCC3)cc2)c(Br)cc1OCc1cccc([N+](=O)[O-])c1. The van der Waals surface area contributed by atoms with Crippen molar-refractivity contribution in [2.45, 2.75) is 19.4 Å². The average molecular weight is 553 g/mol. The fraction of sp³-hybridized carbons (Fsp3) is 0.231. The number of methoxy groups -OCH3 is 1. The first-order valence-corrected chi connectivity index (χ1v) is 12.2. The number of amides is 1. The lowest BCUT2D eigenvalue weighted by Crippen LogP contribution is -2.19. The first-order valence-electron chi connectivity index (χ1n) is 11.4. The fourth-order valence-electron chi connectivity index (χ4n) is 3.87. The third-order valence-electron chi connectivity index (χ3n) is 5.77. The predicted octanol–water partition coefficient (Wildman–Crippen LogP) is 5.31. The summed E-state index contributed by atoms with van der Waals surface area (Å²) in [6.07, 6.45) is 3.90. The number of hydrogen-bond acceptors (Lipinski definition) is 7. The number of nitrogens with zero attached hydrogens (tertiary/aromatic N) is 3. The summed E-state index contributed by atoms with van der Waals surface area (Å²) in [6, 6.07) is 17.2. The van der Waals surface area contributed by atoms with Gasteiger partial charge in [-0.3, -0.25) is 14.9 Å². The van der Waals surface area contributed by atoms with Crippen molar-refractivity contribution in [2.75, 3.05) is 25.1 Å². The summed E-state index contributed by atoms with van der Waals surface area (Å²) in [5.41, 5.74) is 5.52. The van der Waals surface area contributed by atoms with E-state index in [0.29, 0.717) is 32.7 Å². The maximum atomic E-state index is 12.5. The third kappa shape index (κ3) is 6.19. The van der Waals surface area contributed by atoms with Crippen molar-refractivity contribution in [1.29, 1.82) is 0 Å². The highest BCUT2D eigenvalue weighted by Crippen LogP contribution is 2.33. The zero-order valence-corrected chi connectivity index (χ0v) is 21.2. The average Bonchev–Trinajstić information content (AvgIpc) is 3.44. The first kappa shape index (κ1) is 25.2. The minimum Gasteiger partial charge on any atom is -0.493 e. The van der Waals surface area contributed by atoms with Gasteiger partial charge in [-0.1, -0.05) is 12.1 Å². The standard InChI is InChI=1S/C26H25BrN4O5/c1-35-24-14-20(23(27)15-25(24)36-17-18-5-4-6-22(13-18)31(33)34)16-28-29-26(32)19-7-9-21(10-8-19)30-11-2-3-12-30/h4-10,13-16H,2-3,11-12,17H2,1H3,(H,29,32)/b28-16-. The maximum Gasteiger partial charge on any atom is 0.271 e. The van der Waals surface area contributed by atoms with Gasteiger partial charge in [-0.25, -0.2) is 5.43 Å². The summed E-state index contributed by atoms with van der Waals surface area (Å²) in [5, 5.41) is 15.1. The van der Waals surface area contributed by atoms with Gasteiger partial charge in [0.1, 0.15) is 6.61 Å². The monoisotopic (exact) mass is 552 g/mol. The number of carbonyl (C=O) groups is 1. The Morgan fingerprint density at radius 2 is 1.89 bits per heavy atom. The van der Waals surface area contributed by atoms with Gasteiger partial charge in [0.25, 0.3) is 11.6 Å². The quantitative estimate of drug-likeness (QED) is 0.219. The lowest BCUT2D eigenvalue weighted by Gasteiger charge is -2.17. The Bertz CT molecular complexity index is 1270.